The first kappa shape index (κ1) is 13.8. The largest absolute Gasteiger partial charge is 0.288 e. The lowest BCUT2D eigenvalue weighted by Gasteiger charge is -2.10. The van der Waals surface area contributed by atoms with Crippen LogP contribution in [-0.4, -0.2) is 5.78 Å². The number of halogens is 2. The first-order valence-corrected chi connectivity index (χ1v) is 6.36. The quantitative estimate of drug-likeness (QED) is 0.731. The van der Waals surface area contributed by atoms with Crippen molar-refractivity contribution in [3.05, 3.63) is 69.0 Å². The topological polar surface area (TPSA) is 17.1 Å². The fourth-order valence-corrected chi connectivity index (χ4v) is 2.30. The van der Waals surface area contributed by atoms with Crippen LogP contribution in [0.4, 0.5) is 4.39 Å². The molecule has 0 aromatic heterocycles. The molecular weight excluding hydrogens is 263 g/mol. The fraction of sp³-hybridized carbons (Fsp3) is 0.188. The van der Waals surface area contributed by atoms with Crippen LogP contribution in [-0.2, 0) is 0 Å². The molecule has 3 heteroatoms. The van der Waals surface area contributed by atoms with Crippen LogP contribution in [0.5, 0.6) is 0 Å². The van der Waals surface area contributed by atoms with Gasteiger partial charge in [-0.15, -0.1) is 0 Å². The van der Waals surface area contributed by atoms with Gasteiger partial charge in [-0.05, 0) is 55.7 Å². The second kappa shape index (κ2) is 5.14. The van der Waals surface area contributed by atoms with E-state index in [1.54, 1.807) is 6.07 Å². The minimum absolute atomic E-state index is 0.0597. The third-order valence-corrected chi connectivity index (χ3v) is 3.59. The number of hydrogen-bond acceptors (Lipinski definition) is 1. The summed E-state index contributed by atoms with van der Waals surface area (Å²) in [5.74, 6) is -0.959. The van der Waals surface area contributed by atoms with Gasteiger partial charge in [0.2, 0.25) is 0 Å². The van der Waals surface area contributed by atoms with E-state index in [0.29, 0.717) is 5.56 Å². The smallest absolute Gasteiger partial charge is 0.197 e. The van der Waals surface area contributed by atoms with Gasteiger partial charge in [0.15, 0.2) is 5.78 Å². The first-order valence-electron chi connectivity index (χ1n) is 5.98. The molecule has 0 aliphatic carbocycles. The fourth-order valence-electron chi connectivity index (χ4n) is 2.05. The monoisotopic (exact) mass is 276 g/mol. The summed E-state index contributed by atoms with van der Waals surface area (Å²) in [5, 5.41) is 0.141. The number of ketones is 1. The van der Waals surface area contributed by atoms with Crippen LogP contribution in [0.3, 0.4) is 0 Å². The molecule has 0 saturated carbocycles. The Morgan fingerprint density at radius 1 is 1.05 bits per heavy atom. The molecular formula is C16H14ClFO. The van der Waals surface area contributed by atoms with Crippen LogP contribution in [0, 0.1) is 26.6 Å². The molecule has 0 fully saturated rings. The minimum atomic E-state index is -0.588. The van der Waals surface area contributed by atoms with Crippen LogP contribution in [0.15, 0.2) is 30.3 Å². The maximum Gasteiger partial charge on any atom is 0.197 e. The first-order chi connectivity index (χ1) is 8.91. The van der Waals surface area contributed by atoms with Crippen molar-refractivity contribution in [3.63, 3.8) is 0 Å². The van der Waals surface area contributed by atoms with Gasteiger partial charge in [0, 0.05) is 5.56 Å². The molecule has 0 unspecified atom stereocenters. The van der Waals surface area contributed by atoms with Gasteiger partial charge in [0.25, 0.3) is 0 Å². The molecule has 1 nitrogen and oxygen atoms in total. The van der Waals surface area contributed by atoms with Crippen molar-refractivity contribution in [1.82, 2.24) is 0 Å². The van der Waals surface area contributed by atoms with Crippen molar-refractivity contribution >= 4 is 17.4 Å². The summed E-state index contributed by atoms with van der Waals surface area (Å²) in [5.41, 5.74) is 3.37. The molecule has 0 bridgehead atoms. The van der Waals surface area contributed by atoms with Crippen molar-refractivity contribution in [2.45, 2.75) is 20.8 Å². The summed E-state index contributed by atoms with van der Waals surface area (Å²) in [7, 11) is 0. The molecule has 0 saturated heterocycles. The molecule has 0 N–H and O–H groups in total. The van der Waals surface area contributed by atoms with Gasteiger partial charge < -0.3 is 0 Å². The Labute approximate surface area is 117 Å². The van der Waals surface area contributed by atoms with E-state index in [-0.39, 0.29) is 16.4 Å². The molecule has 0 aliphatic heterocycles. The molecule has 0 atom stereocenters. The number of carbonyl (C=O) groups is 1. The molecule has 0 spiro atoms. The second-order valence-corrected chi connectivity index (χ2v) is 5.08. The van der Waals surface area contributed by atoms with Crippen LogP contribution in [0.2, 0.25) is 5.02 Å². The number of carbonyl (C=O) groups excluding carboxylic acids is 1. The normalized spacial score (nSPS) is 10.6. The molecule has 0 aliphatic rings. The maximum absolute atomic E-state index is 13.8. The molecule has 2 rings (SSSR count). The molecule has 98 valence electrons. The van der Waals surface area contributed by atoms with Crippen LogP contribution < -0.4 is 0 Å². The Kier molecular flexibility index (Phi) is 3.72. The highest BCUT2D eigenvalue weighted by Crippen LogP contribution is 2.25. The molecule has 0 heterocycles. The molecule has 0 amide bonds. The predicted octanol–water partition coefficient (Wildman–Crippen LogP) is 4.64. The van der Waals surface area contributed by atoms with Crippen molar-refractivity contribution in [2.24, 2.45) is 0 Å². The summed E-state index contributed by atoms with van der Waals surface area (Å²) >= 11 is 5.94. The summed E-state index contributed by atoms with van der Waals surface area (Å²) in [6.07, 6.45) is 0. The van der Waals surface area contributed by atoms with Gasteiger partial charge in [-0.25, -0.2) is 4.39 Å². The van der Waals surface area contributed by atoms with Gasteiger partial charge in [0.1, 0.15) is 5.82 Å². The zero-order chi connectivity index (χ0) is 14.2. The highest BCUT2D eigenvalue weighted by atomic mass is 35.5. The predicted molar refractivity (Wildman–Crippen MR) is 75.5 cm³/mol. The van der Waals surface area contributed by atoms with Gasteiger partial charge >= 0.3 is 0 Å². The summed E-state index contributed by atoms with van der Waals surface area (Å²) in [6.45, 7) is 5.75. The van der Waals surface area contributed by atoms with Crippen molar-refractivity contribution in [1.29, 1.82) is 0 Å². The SMILES string of the molecule is Cc1cc(C)c(C(=O)c2c(F)cccc2Cl)cc1C. The highest BCUT2D eigenvalue weighted by Gasteiger charge is 2.19. The van der Waals surface area contributed by atoms with E-state index >= 15 is 0 Å². The maximum atomic E-state index is 13.8. The Morgan fingerprint density at radius 3 is 2.32 bits per heavy atom. The number of rotatable bonds is 2. The van der Waals surface area contributed by atoms with Crippen molar-refractivity contribution in [2.75, 3.05) is 0 Å². The zero-order valence-corrected chi connectivity index (χ0v) is 11.8. The Balaban J connectivity index is 2.60. The number of benzene rings is 2. The van der Waals surface area contributed by atoms with E-state index in [0.717, 1.165) is 16.7 Å². The summed E-state index contributed by atoms with van der Waals surface area (Å²) in [6, 6.07) is 7.97. The number of aryl methyl sites for hydroxylation is 3. The van der Waals surface area contributed by atoms with Gasteiger partial charge in [-0.1, -0.05) is 23.7 Å². The molecule has 2 aromatic rings. The Morgan fingerprint density at radius 2 is 1.68 bits per heavy atom. The van der Waals surface area contributed by atoms with Crippen molar-refractivity contribution in [3.8, 4) is 0 Å². The van der Waals surface area contributed by atoms with Crippen molar-refractivity contribution < 1.29 is 9.18 Å². The summed E-state index contributed by atoms with van der Waals surface area (Å²) < 4.78 is 13.8. The van der Waals surface area contributed by atoms with Gasteiger partial charge in [0.05, 0.1) is 10.6 Å². The van der Waals surface area contributed by atoms with E-state index in [2.05, 4.69) is 0 Å². The molecule has 19 heavy (non-hydrogen) atoms. The Hall–Kier alpha value is -1.67. The zero-order valence-electron chi connectivity index (χ0n) is 11.1. The highest BCUT2D eigenvalue weighted by molar-refractivity contribution is 6.35. The van der Waals surface area contributed by atoms with E-state index in [9.17, 15) is 9.18 Å². The van der Waals surface area contributed by atoms with E-state index in [1.807, 2.05) is 26.8 Å². The lowest BCUT2D eigenvalue weighted by atomic mass is 9.94. The minimum Gasteiger partial charge on any atom is -0.288 e. The summed E-state index contributed by atoms with van der Waals surface area (Å²) in [4.78, 5) is 12.4. The molecule has 0 radical (unpaired) electrons. The van der Waals surface area contributed by atoms with E-state index in [1.165, 1.54) is 18.2 Å². The number of hydrogen-bond donors (Lipinski definition) is 0. The van der Waals surface area contributed by atoms with Gasteiger partial charge in [-0.3, -0.25) is 4.79 Å². The average Bonchev–Trinajstić information content (AvgIpc) is 2.33. The Bertz CT molecular complexity index is 642. The van der Waals surface area contributed by atoms with E-state index < -0.39 is 5.82 Å². The van der Waals surface area contributed by atoms with E-state index in [4.69, 9.17) is 11.6 Å². The standard InChI is InChI=1S/C16H14ClFO/c1-9-7-11(3)12(8-10(9)2)16(19)15-13(17)5-4-6-14(15)18/h4-8H,1-3H3. The third kappa shape index (κ3) is 2.54. The van der Waals surface area contributed by atoms with Crippen LogP contribution in [0.1, 0.15) is 32.6 Å². The third-order valence-electron chi connectivity index (χ3n) is 3.28. The molecule has 2 aromatic carbocycles. The average molecular weight is 277 g/mol. The lowest BCUT2D eigenvalue weighted by Crippen LogP contribution is -2.08. The van der Waals surface area contributed by atoms with Crippen LogP contribution in [0.25, 0.3) is 0 Å². The lowest BCUT2D eigenvalue weighted by molar-refractivity contribution is 0.103. The van der Waals surface area contributed by atoms with Gasteiger partial charge in [-0.2, -0.15) is 0 Å². The second-order valence-electron chi connectivity index (χ2n) is 4.68. The van der Waals surface area contributed by atoms with Crippen LogP contribution >= 0.6 is 11.6 Å².